The Labute approximate surface area is 78.4 Å². The van der Waals surface area contributed by atoms with Gasteiger partial charge in [0.05, 0.1) is 0 Å². The first-order chi connectivity index (χ1) is 4.79. The fourth-order valence-electron chi connectivity index (χ4n) is 0.691. The van der Waals surface area contributed by atoms with Crippen molar-refractivity contribution < 1.29 is 22.3 Å². The van der Waals surface area contributed by atoms with E-state index in [1.807, 2.05) is 18.2 Å². The number of quaternary nitrogens is 1. The van der Waals surface area contributed by atoms with E-state index in [-0.39, 0.29) is 18.6 Å². The van der Waals surface area contributed by atoms with Gasteiger partial charge in [0.15, 0.2) is 0 Å². The van der Waals surface area contributed by atoms with Crippen molar-refractivity contribution in [2.24, 2.45) is 0 Å². The molecule has 0 heterocycles. The van der Waals surface area contributed by atoms with Crippen molar-refractivity contribution in [3.8, 4) is 5.75 Å². The van der Waals surface area contributed by atoms with Gasteiger partial charge in [-0.1, -0.05) is 18.2 Å². The number of para-hydroxylation sites is 1. The number of benzene rings is 1. The maximum absolute atomic E-state index is 10.5. The van der Waals surface area contributed by atoms with E-state index < -0.39 is 6.29 Å². The number of rotatable bonds is 2. The van der Waals surface area contributed by atoms with E-state index in [1.165, 1.54) is 6.92 Å². The normalized spacial score (nSPS) is 10.5. The summed E-state index contributed by atoms with van der Waals surface area (Å²) in [6, 6.07) is 9.06. The highest BCUT2D eigenvalue weighted by Gasteiger charge is 1.87. The molecule has 0 saturated carbocycles. The van der Waals surface area contributed by atoms with E-state index in [1.54, 1.807) is 12.1 Å². The van der Waals surface area contributed by atoms with Crippen molar-refractivity contribution in [2.45, 2.75) is 13.2 Å². The monoisotopic (exact) mass is 190 g/mol. The Morgan fingerprint density at radius 1 is 1.25 bits per heavy atom. The highest BCUT2D eigenvalue weighted by atomic mass is 35.5. The van der Waals surface area contributed by atoms with Crippen LogP contribution in [0, 0.1) is 0 Å². The molecular weight excluding hydrogens is 178 g/mol. The van der Waals surface area contributed by atoms with E-state index in [0.717, 1.165) is 0 Å². The fourth-order valence-corrected chi connectivity index (χ4v) is 0.691. The Morgan fingerprint density at radius 2 is 1.75 bits per heavy atom. The molecule has 1 rings (SSSR count). The predicted octanol–water partition coefficient (Wildman–Crippen LogP) is -1.85. The summed E-state index contributed by atoms with van der Waals surface area (Å²) in [6.45, 7) is 1.47. The molecule has 4 N–H and O–H groups in total. The van der Waals surface area contributed by atoms with E-state index >= 15 is 0 Å². The van der Waals surface area contributed by atoms with Crippen LogP contribution in [0.1, 0.15) is 6.92 Å². The van der Waals surface area contributed by atoms with Crippen molar-refractivity contribution in [2.75, 3.05) is 0 Å². The van der Waals surface area contributed by atoms with Crippen LogP contribution in [0.4, 0.5) is 0 Å². The lowest BCUT2D eigenvalue weighted by Gasteiger charge is -2.17. The van der Waals surface area contributed by atoms with Crippen LogP contribution < -0.4 is 28.4 Å². The molecule has 0 aliphatic rings. The van der Waals surface area contributed by atoms with E-state index in [2.05, 4.69) is 0 Å². The summed E-state index contributed by atoms with van der Waals surface area (Å²) in [6.07, 6.45) is -0.984. The summed E-state index contributed by atoms with van der Waals surface area (Å²) in [5.74, 6) is 0.630. The molecule has 70 valence electrons. The lowest BCUT2D eigenvalue weighted by molar-refractivity contribution is -0.466. The summed E-state index contributed by atoms with van der Waals surface area (Å²) in [7, 11) is 0. The van der Waals surface area contributed by atoms with Gasteiger partial charge in [-0.15, -0.1) is 0 Å². The minimum atomic E-state index is -0.984. The van der Waals surface area contributed by atoms with Crippen molar-refractivity contribution >= 4 is 0 Å². The summed E-state index contributed by atoms with van der Waals surface area (Å²) >= 11 is 0. The highest BCUT2D eigenvalue weighted by Crippen LogP contribution is 2.08. The molecule has 0 saturated heterocycles. The Bertz CT molecular complexity index is 192. The topological polar surface area (TPSA) is 68.8 Å². The Hall–Kier alpha value is -0.770. The smallest absolute Gasteiger partial charge is 0.117 e. The zero-order valence-corrected chi connectivity index (χ0v) is 7.91. The van der Waals surface area contributed by atoms with Gasteiger partial charge in [-0.05, 0) is 19.1 Å². The zero-order valence-electron chi connectivity index (χ0n) is 7.16. The number of hydrogen-bond donors (Lipinski definition) is 1. The molecule has 0 aliphatic heterocycles. The molecule has 0 fully saturated rings. The molecule has 0 aliphatic carbocycles. The lowest BCUT2D eigenvalue weighted by Crippen LogP contribution is -3.00. The molecule has 3 nitrogen and oxygen atoms in total. The first-order valence-corrected chi connectivity index (χ1v) is 3.16. The first-order valence-electron chi connectivity index (χ1n) is 3.16. The predicted molar refractivity (Wildman–Crippen MR) is 42.5 cm³/mol. The molecule has 4 heteroatoms. The summed E-state index contributed by atoms with van der Waals surface area (Å²) < 4.78 is 4.86. The number of halogens is 1. The third kappa shape index (κ3) is 4.96. The van der Waals surface area contributed by atoms with Gasteiger partial charge in [-0.25, -0.2) is 0 Å². The number of hydrogen-bond acceptors (Lipinski definition) is 2. The third-order valence-electron chi connectivity index (χ3n) is 1.05. The molecule has 0 aromatic heterocycles. The summed E-state index contributed by atoms with van der Waals surface area (Å²) in [4.78, 5) is 0. The molecular formula is C8H13ClNO2-. The van der Waals surface area contributed by atoms with Gasteiger partial charge in [0, 0.05) is 6.29 Å². The average Bonchev–Trinajstić information content (AvgIpc) is 1.88. The molecule has 0 spiro atoms. The van der Waals surface area contributed by atoms with Gasteiger partial charge in [0.1, 0.15) is 5.75 Å². The van der Waals surface area contributed by atoms with Gasteiger partial charge >= 0.3 is 0 Å². The van der Waals surface area contributed by atoms with Crippen LogP contribution in [0.2, 0.25) is 0 Å². The second-order valence-corrected chi connectivity index (χ2v) is 2.00. The van der Waals surface area contributed by atoms with Gasteiger partial charge in [0.25, 0.3) is 0 Å². The van der Waals surface area contributed by atoms with Gasteiger partial charge in [-0.3, -0.25) is 0 Å². The highest BCUT2D eigenvalue weighted by molar-refractivity contribution is 5.20. The van der Waals surface area contributed by atoms with Crippen LogP contribution in [0.5, 0.6) is 5.75 Å². The Morgan fingerprint density at radius 3 is 2.17 bits per heavy atom. The van der Waals surface area contributed by atoms with Gasteiger partial charge in [-0.2, -0.15) is 0 Å². The van der Waals surface area contributed by atoms with Crippen LogP contribution in [-0.2, 0) is 0 Å². The average molecular weight is 191 g/mol. The van der Waals surface area contributed by atoms with E-state index in [4.69, 9.17) is 4.74 Å². The fraction of sp³-hybridized carbons (Fsp3) is 0.250. The number of ether oxygens (including phenoxy) is 1. The largest absolute Gasteiger partial charge is 1.00 e. The first kappa shape index (κ1) is 13.8. The summed E-state index contributed by atoms with van der Waals surface area (Å²) in [5, 5.41) is 10.5. The van der Waals surface area contributed by atoms with E-state index in [0.29, 0.717) is 5.75 Å². The standard InChI is InChI=1S/C8H9O2.ClH.H3N/c1-7(9)10-8-5-3-2-4-6-8;;/h2-7H,1H3;1H;1H3/q-1;;. The minimum absolute atomic E-state index is 0. The van der Waals surface area contributed by atoms with Crippen molar-refractivity contribution in [1.29, 1.82) is 0 Å². The molecule has 1 atom stereocenters. The van der Waals surface area contributed by atoms with Crippen LogP contribution in [0.3, 0.4) is 0 Å². The second-order valence-electron chi connectivity index (χ2n) is 2.00. The van der Waals surface area contributed by atoms with Crippen molar-refractivity contribution in [3.05, 3.63) is 30.3 Å². The molecule has 1 unspecified atom stereocenters. The van der Waals surface area contributed by atoms with E-state index in [9.17, 15) is 5.11 Å². The minimum Gasteiger partial charge on any atom is -1.00 e. The third-order valence-corrected chi connectivity index (χ3v) is 1.05. The van der Waals surface area contributed by atoms with Gasteiger partial charge in [0.2, 0.25) is 0 Å². The molecule has 12 heavy (non-hydrogen) atoms. The lowest BCUT2D eigenvalue weighted by atomic mass is 10.3. The summed E-state index contributed by atoms with van der Waals surface area (Å²) in [5.41, 5.74) is 0. The van der Waals surface area contributed by atoms with Crippen molar-refractivity contribution in [3.63, 3.8) is 0 Å². The van der Waals surface area contributed by atoms with Crippen LogP contribution in [0.25, 0.3) is 0 Å². The molecule has 0 bridgehead atoms. The SMILES string of the molecule is CC([O-])Oc1ccccc1.[Cl-].[NH4+]. The second kappa shape index (κ2) is 6.91. The molecule has 0 amide bonds. The maximum Gasteiger partial charge on any atom is 0.117 e. The van der Waals surface area contributed by atoms with Crippen LogP contribution in [0.15, 0.2) is 30.3 Å². The molecule has 0 radical (unpaired) electrons. The van der Waals surface area contributed by atoms with Crippen LogP contribution in [-0.4, -0.2) is 6.29 Å². The quantitative estimate of drug-likeness (QED) is 0.557. The Balaban J connectivity index is 0. The maximum atomic E-state index is 10.5. The van der Waals surface area contributed by atoms with Crippen molar-refractivity contribution in [1.82, 2.24) is 6.15 Å². The Kier molecular flexibility index (Phi) is 7.94. The molecule has 1 aromatic carbocycles. The molecule has 1 aromatic rings. The van der Waals surface area contributed by atoms with Crippen LogP contribution >= 0.6 is 0 Å². The zero-order chi connectivity index (χ0) is 7.40. The van der Waals surface area contributed by atoms with Gasteiger partial charge < -0.3 is 28.4 Å².